The van der Waals surface area contributed by atoms with Crippen molar-refractivity contribution in [1.82, 2.24) is 15.2 Å². The van der Waals surface area contributed by atoms with Crippen LogP contribution in [0.25, 0.3) is 16.5 Å². The van der Waals surface area contributed by atoms with Gasteiger partial charge in [0.25, 0.3) is 0 Å². The first-order chi connectivity index (χ1) is 13.2. The number of rotatable bonds is 7. The fraction of sp³-hybridized carbons (Fsp3) is 0.522. The topological polar surface area (TPSA) is 48.1 Å². The number of H-pyrrole nitrogens is 1. The van der Waals surface area contributed by atoms with Crippen LogP contribution in [0.4, 0.5) is 0 Å². The maximum Gasteiger partial charge on any atom is 0.228 e. The number of likely N-dealkylation sites (N-methyl/N-ethyl adjacent to an activating group) is 1. The Morgan fingerprint density at radius 1 is 1.26 bits per heavy atom. The molecule has 1 aromatic heterocycles. The predicted octanol–water partition coefficient (Wildman–Crippen LogP) is 4.12. The van der Waals surface area contributed by atoms with Gasteiger partial charge in [-0.25, -0.2) is 0 Å². The van der Waals surface area contributed by atoms with Gasteiger partial charge in [-0.15, -0.1) is 0 Å². The highest BCUT2D eigenvalue weighted by Gasteiger charge is 2.35. The molecule has 2 aromatic rings. The summed E-state index contributed by atoms with van der Waals surface area (Å²) >= 11 is 0. The van der Waals surface area contributed by atoms with Crippen molar-refractivity contribution < 1.29 is 4.79 Å². The second-order valence-corrected chi connectivity index (χ2v) is 8.14. The third-order valence-corrected chi connectivity index (χ3v) is 6.18. The predicted molar refractivity (Wildman–Crippen MR) is 112 cm³/mol. The van der Waals surface area contributed by atoms with Crippen LogP contribution < -0.4 is 5.32 Å². The van der Waals surface area contributed by atoms with Crippen molar-refractivity contribution in [3.8, 4) is 0 Å². The third-order valence-electron chi connectivity index (χ3n) is 6.18. The average molecular weight is 366 g/mol. The lowest BCUT2D eigenvalue weighted by molar-refractivity contribution is -0.124. The molecule has 4 rings (SSSR count). The van der Waals surface area contributed by atoms with Crippen LogP contribution in [0, 0.1) is 5.92 Å². The number of nitrogens with one attached hydrogen (secondary N) is 2. The van der Waals surface area contributed by atoms with Gasteiger partial charge in [0.15, 0.2) is 0 Å². The molecule has 27 heavy (non-hydrogen) atoms. The summed E-state index contributed by atoms with van der Waals surface area (Å²) in [5.74, 6) is 0.114. The average Bonchev–Trinajstić information content (AvgIpc) is 3.09. The highest BCUT2D eigenvalue weighted by molar-refractivity contribution is 5.99. The van der Waals surface area contributed by atoms with E-state index in [0.29, 0.717) is 6.04 Å². The van der Waals surface area contributed by atoms with Gasteiger partial charge in [-0.3, -0.25) is 9.69 Å². The maximum atomic E-state index is 12.8. The van der Waals surface area contributed by atoms with Crippen molar-refractivity contribution in [2.75, 3.05) is 20.1 Å². The summed E-state index contributed by atoms with van der Waals surface area (Å²) in [5, 5.41) is 4.51. The molecular formula is C23H31N3O. The van der Waals surface area contributed by atoms with E-state index in [4.69, 9.17) is 0 Å². The summed E-state index contributed by atoms with van der Waals surface area (Å²) in [6, 6.07) is 6.83. The van der Waals surface area contributed by atoms with Gasteiger partial charge in [0.2, 0.25) is 5.91 Å². The second-order valence-electron chi connectivity index (χ2n) is 8.14. The van der Waals surface area contributed by atoms with Crippen molar-refractivity contribution in [3.05, 3.63) is 41.6 Å². The third kappa shape index (κ3) is 3.55. The molecule has 0 spiro atoms. The summed E-state index contributed by atoms with van der Waals surface area (Å²) in [5.41, 5.74) is 5.21. The minimum Gasteiger partial charge on any atom is -0.361 e. The Labute approximate surface area is 162 Å². The van der Waals surface area contributed by atoms with Crippen LogP contribution in [0.15, 0.2) is 30.5 Å². The molecule has 1 aromatic carbocycles. The van der Waals surface area contributed by atoms with Crippen LogP contribution in [-0.2, 0) is 11.2 Å². The molecule has 4 nitrogen and oxygen atoms in total. The first kappa shape index (κ1) is 18.3. The SMILES string of the molecule is CCCCCCCNC(=O)[C@@H]1C=C2c3cccc4[nH]cc(c34)C[C@H]2N(C)C1. The van der Waals surface area contributed by atoms with Gasteiger partial charge in [0.1, 0.15) is 0 Å². The molecule has 0 saturated heterocycles. The first-order valence-electron chi connectivity index (χ1n) is 10.5. The van der Waals surface area contributed by atoms with E-state index in [1.165, 1.54) is 53.3 Å². The molecule has 2 aliphatic rings. The number of fused-ring (bicyclic) bond motifs is 2. The molecule has 2 N–H and O–H groups in total. The summed E-state index contributed by atoms with van der Waals surface area (Å²) < 4.78 is 0. The number of unbranched alkanes of at least 4 members (excludes halogenated alkanes) is 4. The van der Waals surface area contributed by atoms with Crippen LogP contribution in [0.5, 0.6) is 0 Å². The van der Waals surface area contributed by atoms with Crippen molar-refractivity contribution >= 4 is 22.4 Å². The molecule has 2 heterocycles. The molecule has 0 saturated carbocycles. The van der Waals surface area contributed by atoms with Crippen LogP contribution >= 0.6 is 0 Å². The summed E-state index contributed by atoms with van der Waals surface area (Å²) in [4.78, 5) is 18.5. The minimum absolute atomic E-state index is 0.0624. The van der Waals surface area contributed by atoms with Crippen LogP contribution in [0.2, 0.25) is 0 Å². The monoisotopic (exact) mass is 365 g/mol. The van der Waals surface area contributed by atoms with Gasteiger partial charge in [0.05, 0.1) is 5.92 Å². The lowest BCUT2D eigenvalue weighted by Gasteiger charge is -2.39. The number of carbonyl (C=O) groups excluding carboxylic acids is 1. The smallest absolute Gasteiger partial charge is 0.228 e. The van der Waals surface area contributed by atoms with Crippen molar-refractivity contribution in [3.63, 3.8) is 0 Å². The molecule has 0 radical (unpaired) electrons. The number of aromatic nitrogens is 1. The quantitative estimate of drug-likeness (QED) is 0.725. The zero-order valence-corrected chi connectivity index (χ0v) is 16.6. The van der Waals surface area contributed by atoms with E-state index in [2.05, 4.69) is 59.6 Å². The Hall–Kier alpha value is -2.07. The zero-order valence-electron chi connectivity index (χ0n) is 16.6. The minimum atomic E-state index is -0.0624. The Kier molecular flexibility index (Phi) is 5.35. The van der Waals surface area contributed by atoms with Crippen LogP contribution in [0.1, 0.15) is 50.2 Å². The van der Waals surface area contributed by atoms with E-state index in [0.717, 1.165) is 25.9 Å². The maximum absolute atomic E-state index is 12.8. The molecule has 0 fully saturated rings. The van der Waals surface area contributed by atoms with Crippen molar-refractivity contribution in [1.29, 1.82) is 0 Å². The number of nitrogens with zero attached hydrogens (tertiary/aromatic N) is 1. The number of benzene rings is 1. The molecule has 0 unspecified atom stereocenters. The fourth-order valence-corrected chi connectivity index (χ4v) is 4.69. The molecule has 144 valence electrons. The van der Waals surface area contributed by atoms with Gasteiger partial charge in [0, 0.05) is 36.2 Å². The number of carbonyl (C=O) groups is 1. The van der Waals surface area contributed by atoms with Gasteiger partial charge < -0.3 is 10.3 Å². The molecule has 1 aliphatic carbocycles. The van der Waals surface area contributed by atoms with Gasteiger partial charge in [-0.1, -0.05) is 50.8 Å². The van der Waals surface area contributed by atoms with Crippen LogP contribution in [-0.4, -0.2) is 42.0 Å². The molecule has 1 aliphatic heterocycles. The van der Waals surface area contributed by atoms with Crippen LogP contribution in [0.3, 0.4) is 0 Å². The Bertz CT molecular complexity index is 850. The lowest BCUT2D eigenvalue weighted by atomic mass is 9.80. The molecular weight excluding hydrogens is 334 g/mol. The van der Waals surface area contributed by atoms with E-state index in [-0.39, 0.29) is 11.8 Å². The lowest BCUT2D eigenvalue weighted by Crippen LogP contribution is -2.46. The molecule has 1 amide bonds. The zero-order chi connectivity index (χ0) is 18.8. The summed E-state index contributed by atoms with van der Waals surface area (Å²) in [7, 11) is 2.15. The van der Waals surface area contributed by atoms with E-state index >= 15 is 0 Å². The van der Waals surface area contributed by atoms with Crippen molar-refractivity contribution in [2.24, 2.45) is 5.92 Å². The summed E-state index contributed by atoms with van der Waals surface area (Å²) in [6.07, 6.45) is 11.5. The second kappa shape index (κ2) is 7.89. The van der Waals surface area contributed by atoms with E-state index in [1.54, 1.807) is 0 Å². The summed E-state index contributed by atoms with van der Waals surface area (Å²) in [6.45, 7) is 3.82. The van der Waals surface area contributed by atoms with Gasteiger partial charge >= 0.3 is 0 Å². The first-order valence-corrected chi connectivity index (χ1v) is 10.5. The molecule has 4 heteroatoms. The highest BCUT2D eigenvalue weighted by atomic mass is 16.1. The van der Waals surface area contributed by atoms with Gasteiger partial charge in [-0.05, 0) is 42.7 Å². The van der Waals surface area contributed by atoms with E-state index in [9.17, 15) is 4.79 Å². The van der Waals surface area contributed by atoms with E-state index in [1.807, 2.05) is 0 Å². The fourth-order valence-electron chi connectivity index (χ4n) is 4.69. The normalized spacial score (nSPS) is 21.8. The number of aromatic amines is 1. The number of hydrogen-bond acceptors (Lipinski definition) is 2. The Morgan fingerprint density at radius 3 is 2.96 bits per heavy atom. The largest absolute Gasteiger partial charge is 0.361 e. The Balaban J connectivity index is 1.49. The Morgan fingerprint density at radius 2 is 2.11 bits per heavy atom. The van der Waals surface area contributed by atoms with E-state index < -0.39 is 0 Å². The standard InChI is InChI=1S/C23H31N3O/c1-3-4-5-6-7-11-24-23(27)17-12-19-18-9-8-10-20-22(18)16(14-25-20)13-21(19)26(2)15-17/h8-10,12,14,17,21,25H,3-7,11,13,15H2,1-2H3,(H,24,27)/t17-,21-/m1/s1. The highest BCUT2D eigenvalue weighted by Crippen LogP contribution is 2.40. The van der Waals surface area contributed by atoms with Crippen molar-refractivity contribution in [2.45, 2.75) is 51.5 Å². The molecule has 2 atom stereocenters. The molecule has 0 bridgehead atoms. The van der Waals surface area contributed by atoms with Gasteiger partial charge in [-0.2, -0.15) is 0 Å². The number of amides is 1. The number of hydrogen-bond donors (Lipinski definition) is 2.